The van der Waals surface area contributed by atoms with Gasteiger partial charge in [-0.15, -0.1) is 0 Å². The second-order valence-corrected chi connectivity index (χ2v) is 26.2. The highest BCUT2D eigenvalue weighted by Gasteiger charge is 2.69. The molecule has 1 spiro atoms. The molecule has 25 heteroatoms. The van der Waals surface area contributed by atoms with Crippen LogP contribution in [-0.2, 0) is 56.8 Å². The molecule has 0 amide bonds. The van der Waals surface area contributed by atoms with Crippen molar-refractivity contribution in [2.45, 2.75) is 258 Å². The van der Waals surface area contributed by atoms with Gasteiger partial charge < -0.3 is 123 Å². The van der Waals surface area contributed by atoms with Crippen LogP contribution in [0.25, 0.3) is 0 Å². The average Bonchev–Trinajstić information content (AvgIpc) is 4.13. The predicted molar refractivity (Wildman–Crippen MR) is 267 cm³/mol. The van der Waals surface area contributed by atoms with Crippen molar-refractivity contribution < 1.29 is 123 Å². The van der Waals surface area contributed by atoms with Crippen LogP contribution in [0, 0.1) is 52.3 Å². The lowest BCUT2D eigenvalue weighted by Crippen LogP contribution is -2.68. The molecule has 0 aromatic heterocycles. The van der Waals surface area contributed by atoms with Crippen LogP contribution >= 0.6 is 0 Å². The molecular weight excluding hydrogens is 1060 g/mol. The zero-order valence-corrected chi connectivity index (χ0v) is 46.3. The average molecular weight is 1150 g/mol. The third-order valence-corrected chi connectivity index (χ3v) is 21.7. The highest BCUT2D eigenvalue weighted by molar-refractivity contribution is 5.16. The van der Waals surface area contributed by atoms with Gasteiger partial charge in [-0.1, -0.05) is 27.7 Å². The second-order valence-electron chi connectivity index (χ2n) is 26.2. The minimum absolute atomic E-state index is 0.0136. The quantitative estimate of drug-likeness (QED) is 0.0879. The van der Waals surface area contributed by atoms with Crippen LogP contribution < -0.4 is 0 Å². The Morgan fingerprint density at radius 1 is 0.475 bits per heavy atom. The molecule has 25 nitrogen and oxygen atoms in total. The molecule has 7 heterocycles. The van der Waals surface area contributed by atoms with E-state index in [0.29, 0.717) is 48.3 Å². The molecule has 13 N–H and O–H groups in total. The number of aliphatic hydroxyl groups excluding tert-OH is 13. The van der Waals surface area contributed by atoms with Crippen LogP contribution in [-0.4, -0.2) is 259 Å². The molecular formula is C55H90O25. The van der Waals surface area contributed by atoms with Crippen molar-refractivity contribution in [1.29, 1.82) is 0 Å². The normalized spacial score (nSPS) is 58.1. The van der Waals surface area contributed by atoms with Crippen molar-refractivity contribution in [1.82, 2.24) is 0 Å². The fraction of sp³-hybridized carbons (Fsp3) is 1.00. The maximum absolute atomic E-state index is 12.6. The van der Waals surface area contributed by atoms with Gasteiger partial charge >= 0.3 is 0 Å². The molecule has 460 valence electrons. The molecule has 11 aliphatic rings. The summed E-state index contributed by atoms with van der Waals surface area (Å²) in [5.74, 6) is 2.69. The van der Waals surface area contributed by atoms with E-state index in [1.54, 1.807) is 0 Å². The summed E-state index contributed by atoms with van der Waals surface area (Å²) in [7, 11) is 0. The van der Waals surface area contributed by atoms with Crippen molar-refractivity contribution in [3.8, 4) is 0 Å². The summed E-state index contributed by atoms with van der Waals surface area (Å²) in [6, 6.07) is 0. The summed E-state index contributed by atoms with van der Waals surface area (Å²) in [5.41, 5.74) is 0.170. The molecule has 4 saturated carbocycles. The van der Waals surface area contributed by atoms with Crippen LogP contribution in [0.15, 0.2) is 0 Å². The number of aliphatic hydroxyl groups is 13. The lowest BCUT2D eigenvalue weighted by molar-refractivity contribution is -0.408. The van der Waals surface area contributed by atoms with Gasteiger partial charge in [0.25, 0.3) is 0 Å². The topological polar surface area (TPSA) is 374 Å². The largest absolute Gasteiger partial charge is 0.394 e. The molecule has 35 atom stereocenters. The third kappa shape index (κ3) is 10.6. The molecule has 4 aliphatic carbocycles. The van der Waals surface area contributed by atoms with E-state index in [2.05, 4.69) is 27.7 Å². The van der Waals surface area contributed by atoms with Gasteiger partial charge in [0.05, 0.1) is 51.3 Å². The number of hydrogen-bond donors (Lipinski definition) is 13. The van der Waals surface area contributed by atoms with Crippen LogP contribution in [0.1, 0.15) is 98.8 Å². The van der Waals surface area contributed by atoms with E-state index in [1.165, 1.54) is 6.92 Å². The molecule has 7 saturated heterocycles. The highest BCUT2D eigenvalue weighted by Crippen LogP contribution is 2.71. The van der Waals surface area contributed by atoms with E-state index >= 15 is 0 Å². The van der Waals surface area contributed by atoms with Crippen molar-refractivity contribution in [2.75, 3.05) is 33.0 Å². The summed E-state index contributed by atoms with van der Waals surface area (Å²) in [6.07, 6.45) is -29.8. The number of ether oxygens (including phenoxy) is 12. The monoisotopic (exact) mass is 1150 g/mol. The maximum Gasteiger partial charge on any atom is 0.187 e. The standard InChI is InChI=1S/C55H90O25/c1-21-8-13-55(71-18-21)22(2)34-31(80-55)15-28-26-7-6-24-14-25(9-11-53(24,4)27(26)10-12-54(28,34)5)73-51-46(78-50-42(67)39(64)35(60)23(3)72-50)43(68)44(33(17-57)75-51)76-52-47(79-49-41(66)37(62)30(59)20-70-49)45(38(63)32(16-56)74-52)77-48-40(65)36(61)29(58)19-69-48/h21-52,56-68H,6-20H2,1-5H3/t21-,22-,23-,24-,25-,26?,27?,28?,29+,30+,31?,32+,33+,34?,35-,36-,37-,38+,39+,40+,41+,42+,43-,44-,45-,46+,47+,48-,49-,50-,51+,52-,53-,54-,55+/m0/s1. The first-order valence-electron chi connectivity index (χ1n) is 29.5. The Kier molecular flexibility index (Phi) is 17.9. The van der Waals surface area contributed by atoms with Crippen molar-refractivity contribution >= 4 is 0 Å². The fourth-order valence-corrected chi connectivity index (χ4v) is 17.0. The highest BCUT2D eigenvalue weighted by atomic mass is 16.8. The number of hydrogen-bond acceptors (Lipinski definition) is 25. The maximum atomic E-state index is 12.6. The Hall–Kier alpha value is -1.00. The second kappa shape index (κ2) is 23.6. The molecule has 0 aromatic rings. The Balaban J connectivity index is 0.830. The zero-order valence-electron chi connectivity index (χ0n) is 46.3. The summed E-state index contributed by atoms with van der Waals surface area (Å²) in [4.78, 5) is 0. The van der Waals surface area contributed by atoms with E-state index in [1.807, 2.05) is 0 Å². The van der Waals surface area contributed by atoms with Crippen LogP contribution in [0.2, 0.25) is 0 Å². The molecule has 7 aliphatic heterocycles. The van der Waals surface area contributed by atoms with Gasteiger partial charge in [-0.3, -0.25) is 0 Å². The molecule has 0 radical (unpaired) electrons. The zero-order chi connectivity index (χ0) is 57.1. The van der Waals surface area contributed by atoms with E-state index in [-0.39, 0.29) is 22.9 Å². The molecule has 5 unspecified atom stereocenters. The summed E-state index contributed by atoms with van der Waals surface area (Å²) >= 11 is 0. The first kappa shape index (κ1) is 60.7. The van der Waals surface area contributed by atoms with Crippen molar-refractivity contribution in [3.05, 3.63) is 0 Å². The molecule has 80 heavy (non-hydrogen) atoms. The first-order chi connectivity index (χ1) is 38.0. The Labute approximate surface area is 465 Å². The summed E-state index contributed by atoms with van der Waals surface area (Å²) in [6.45, 7) is 8.99. The van der Waals surface area contributed by atoms with E-state index in [4.69, 9.17) is 56.8 Å². The molecule has 0 bridgehead atoms. The van der Waals surface area contributed by atoms with Gasteiger partial charge in [0, 0.05) is 12.3 Å². The van der Waals surface area contributed by atoms with Gasteiger partial charge in [0.2, 0.25) is 0 Å². The number of rotatable bonds is 12. The summed E-state index contributed by atoms with van der Waals surface area (Å²) < 4.78 is 74.8. The van der Waals surface area contributed by atoms with Gasteiger partial charge in [-0.25, -0.2) is 0 Å². The van der Waals surface area contributed by atoms with E-state index in [9.17, 15) is 66.4 Å². The summed E-state index contributed by atoms with van der Waals surface area (Å²) in [5, 5.41) is 142. The minimum atomic E-state index is -1.93. The van der Waals surface area contributed by atoms with Gasteiger partial charge in [-0.05, 0) is 111 Å². The van der Waals surface area contributed by atoms with Gasteiger partial charge in [-0.2, -0.15) is 0 Å². The van der Waals surface area contributed by atoms with Crippen LogP contribution in [0.5, 0.6) is 0 Å². The van der Waals surface area contributed by atoms with Gasteiger partial charge in [0.15, 0.2) is 37.2 Å². The van der Waals surface area contributed by atoms with Crippen LogP contribution in [0.4, 0.5) is 0 Å². The Morgan fingerprint density at radius 3 is 1.73 bits per heavy atom. The van der Waals surface area contributed by atoms with Gasteiger partial charge in [0.1, 0.15) is 104 Å². The smallest absolute Gasteiger partial charge is 0.187 e. The molecule has 0 aromatic carbocycles. The fourth-order valence-electron chi connectivity index (χ4n) is 17.0. The Bertz CT molecular complexity index is 2080. The lowest BCUT2D eigenvalue weighted by Gasteiger charge is -2.61. The SMILES string of the molecule is C[C@H]1CC[C@@]2(OC1)OC1CC3C4CC[C@H]5C[C@@H](O[C@@H]6O[C@H](CO)[C@H](O[C@@H]7O[C@H](CO)[C@@H](O)[C@H](O[C@@H]8OC[C@@H](O)[C@H](O)[C@H]8O)[C@H]7O[C@@H]7OC[C@@H](O)[C@H](O)[C@H]7O)[C@H](O)[C@H]6O[C@@H]6O[C@@H](C)[C@H](O)[C@@H](O)[C@H]6O)CC[C@]5(C)C4CC[C@]3(C)C1[C@@H]2C. The van der Waals surface area contributed by atoms with Crippen LogP contribution in [0.3, 0.4) is 0 Å². The lowest BCUT2D eigenvalue weighted by atomic mass is 9.44. The van der Waals surface area contributed by atoms with Crippen molar-refractivity contribution in [3.63, 3.8) is 0 Å². The minimum Gasteiger partial charge on any atom is -0.394 e. The first-order valence-corrected chi connectivity index (χ1v) is 29.5. The van der Waals surface area contributed by atoms with E-state index in [0.717, 1.165) is 58.0 Å². The number of fused-ring (bicyclic) bond motifs is 7. The third-order valence-electron chi connectivity index (χ3n) is 21.7. The van der Waals surface area contributed by atoms with E-state index < -0.39 is 180 Å². The Morgan fingerprint density at radius 2 is 1.07 bits per heavy atom. The predicted octanol–water partition coefficient (Wildman–Crippen LogP) is -2.78. The molecule has 11 rings (SSSR count). The molecule has 11 fully saturated rings. The van der Waals surface area contributed by atoms with Crippen molar-refractivity contribution in [2.24, 2.45) is 52.3 Å².